The van der Waals surface area contributed by atoms with E-state index in [1.54, 1.807) is 97.9 Å². The Morgan fingerprint density at radius 1 is 0.647 bits per heavy atom. The fourth-order valence-corrected chi connectivity index (χ4v) is 3.70. The van der Waals surface area contributed by atoms with Gasteiger partial charge in [0.25, 0.3) is 0 Å². The molecule has 0 aromatic heterocycles. The largest absolute Gasteiger partial charge is 0.459 e. The van der Waals surface area contributed by atoms with Gasteiger partial charge < -0.3 is 18.9 Å². The first-order valence-corrected chi connectivity index (χ1v) is 10.9. The fraction of sp³-hybridized carbons (Fsp3) is 0.222. The lowest BCUT2D eigenvalue weighted by Gasteiger charge is -2.24. The molecule has 1 aliphatic heterocycles. The summed E-state index contributed by atoms with van der Waals surface area (Å²) in [5, 5.41) is 0. The molecular weight excluding hydrogens is 436 g/mol. The van der Waals surface area contributed by atoms with Gasteiger partial charge in [-0.05, 0) is 43.3 Å². The van der Waals surface area contributed by atoms with Crippen LogP contribution in [-0.4, -0.2) is 48.9 Å². The second-order valence-electron chi connectivity index (χ2n) is 7.82. The first-order valence-electron chi connectivity index (χ1n) is 10.9. The molecule has 4 atom stereocenters. The van der Waals surface area contributed by atoms with Crippen LogP contribution in [0.4, 0.5) is 0 Å². The summed E-state index contributed by atoms with van der Waals surface area (Å²) >= 11 is 0. The van der Waals surface area contributed by atoms with Crippen LogP contribution < -0.4 is 0 Å². The van der Waals surface area contributed by atoms with Gasteiger partial charge in [0.1, 0.15) is 12.7 Å². The third kappa shape index (κ3) is 5.50. The Morgan fingerprint density at radius 2 is 1.06 bits per heavy atom. The standard InChI is InChI=1S/C27H24O7/c1-18-23(33-26(29)20-13-7-3-8-14-20)24(34-27(30)21-15-9-4-10-16-21)22(32-18)17-31-25(28)19-11-5-2-6-12-19/h2-16,18,22-24H,17H2,1H3/t18?,22-,23+,24-/m1/s1. The van der Waals surface area contributed by atoms with Gasteiger partial charge in [0, 0.05) is 0 Å². The molecule has 1 unspecified atom stereocenters. The first kappa shape index (κ1) is 23.2. The van der Waals surface area contributed by atoms with Crippen molar-refractivity contribution in [2.45, 2.75) is 31.3 Å². The third-order valence-electron chi connectivity index (χ3n) is 5.44. The van der Waals surface area contributed by atoms with E-state index in [9.17, 15) is 14.4 Å². The minimum Gasteiger partial charge on any atom is -0.459 e. The molecule has 0 N–H and O–H groups in total. The van der Waals surface area contributed by atoms with Crippen molar-refractivity contribution in [3.8, 4) is 0 Å². The van der Waals surface area contributed by atoms with Crippen LogP contribution in [0.15, 0.2) is 91.0 Å². The van der Waals surface area contributed by atoms with E-state index in [2.05, 4.69) is 0 Å². The molecule has 0 bridgehead atoms. The van der Waals surface area contributed by atoms with Crippen molar-refractivity contribution in [2.75, 3.05) is 6.61 Å². The maximum atomic E-state index is 12.8. The highest BCUT2D eigenvalue weighted by Gasteiger charge is 2.48. The molecule has 7 heteroatoms. The van der Waals surface area contributed by atoms with Crippen molar-refractivity contribution in [3.05, 3.63) is 108 Å². The van der Waals surface area contributed by atoms with Crippen LogP contribution in [0.1, 0.15) is 38.0 Å². The van der Waals surface area contributed by atoms with Crippen LogP contribution in [0.25, 0.3) is 0 Å². The zero-order valence-electron chi connectivity index (χ0n) is 18.5. The molecule has 3 aromatic carbocycles. The minimum absolute atomic E-state index is 0.176. The van der Waals surface area contributed by atoms with Gasteiger partial charge in [-0.15, -0.1) is 0 Å². The Hall–Kier alpha value is -3.97. The van der Waals surface area contributed by atoms with E-state index in [1.165, 1.54) is 0 Å². The van der Waals surface area contributed by atoms with Gasteiger partial charge >= 0.3 is 17.9 Å². The number of rotatable bonds is 7. The zero-order chi connectivity index (χ0) is 23.9. The molecule has 34 heavy (non-hydrogen) atoms. The average Bonchev–Trinajstić information content (AvgIpc) is 3.17. The lowest BCUT2D eigenvalue weighted by molar-refractivity contribution is -0.0442. The zero-order valence-corrected chi connectivity index (χ0v) is 18.5. The Balaban J connectivity index is 1.51. The Morgan fingerprint density at radius 3 is 1.53 bits per heavy atom. The number of ether oxygens (including phenoxy) is 4. The summed E-state index contributed by atoms with van der Waals surface area (Å²) in [4.78, 5) is 37.9. The smallest absolute Gasteiger partial charge is 0.338 e. The molecule has 0 radical (unpaired) electrons. The third-order valence-corrected chi connectivity index (χ3v) is 5.44. The molecule has 0 aliphatic carbocycles. The van der Waals surface area contributed by atoms with E-state index in [4.69, 9.17) is 18.9 Å². The topological polar surface area (TPSA) is 88.1 Å². The first-order chi connectivity index (χ1) is 16.5. The highest BCUT2D eigenvalue weighted by molar-refractivity contribution is 5.91. The Bertz CT molecular complexity index is 1120. The molecule has 1 fully saturated rings. The normalized spacial score (nSPS) is 21.4. The summed E-state index contributed by atoms with van der Waals surface area (Å²) in [7, 11) is 0. The number of esters is 3. The molecule has 3 aromatic rings. The molecule has 1 saturated heterocycles. The lowest BCUT2D eigenvalue weighted by atomic mass is 10.1. The average molecular weight is 460 g/mol. The summed E-state index contributed by atoms with van der Waals surface area (Å²) in [5.41, 5.74) is 1.09. The van der Waals surface area contributed by atoms with E-state index in [0.717, 1.165) is 0 Å². The predicted octanol–water partition coefficient (Wildman–Crippen LogP) is 4.08. The van der Waals surface area contributed by atoms with E-state index < -0.39 is 42.3 Å². The quantitative estimate of drug-likeness (QED) is 0.388. The van der Waals surface area contributed by atoms with Crippen LogP contribution in [0.2, 0.25) is 0 Å². The van der Waals surface area contributed by atoms with E-state index in [1.807, 2.05) is 0 Å². The summed E-state index contributed by atoms with van der Waals surface area (Å²) in [6, 6.07) is 25.5. The monoisotopic (exact) mass is 460 g/mol. The minimum atomic E-state index is -0.973. The molecule has 0 saturated carbocycles. The van der Waals surface area contributed by atoms with Crippen LogP contribution in [-0.2, 0) is 18.9 Å². The van der Waals surface area contributed by atoms with Gasteiger partial charge in [-0.3, -0.25) is 0 Å². The lowest BCUT2D eigenvalue weighted by Crippen LogP contribution is -2.41. The molecule has 4 rings (SSSR count). The van der Waals surface area contributed by atoms with E-state index in [0.29, 0.717) is 16.7 Å². The molecule has 1 aliphatic rings. The maximum absolute atomic E-state index is 12.8. The number of benzene rings is 3. The molecule has 0 spiro atoms. The number of carbonyl (C=O) groups excluding carboxylic acids is 3. The van der Waals surface area contributed by atoms with Gasteiger partial charge in [0.05, 0.1) is 22.8 Å². The highest BCUT2D eigenvalue weighted by atomic mass is 16.6. The molecule has 174 valence electrons. The van der Waals surface area contributed by atoms with Crippen LogP contribution in [0.5, 0.6) is 0 Å². The summed E-state index contributed by atoms with van der Waals surface area (Å²) in [6.07, 6.45) is -3.27. The van der Waals surface area contributed by atoms with Crippen molar-refractivity contribution in [3.63, 3.8) is 0 Å². The Labute approximate surface area is 197 Å². The predicted molar refractivity (Wildman–Crippen MR) is 122 cm³/mol. The van der Waals surface area contributed by atoms with E-state index >= 15 is 0 Å². The number of hydrogen-bond acceptors (Lipinski definition) is 7. The summed E-state index contributed by atoms with van der Waals surface area (Å²) in [5.74, 6) is -1.69. The van der Waals surface area contributed by atoms with Gasteiger partial charge in [-0.1, -0.05) is 54.6 Å². The number of hydrogen-bond donors (Lipinski definition) is 0. The van der Waals surface area contributed by atoms with E-state index in [-0.39, 0.29) is 6.61 Å². The molecular formula is C27H24O7. The van der Waals surface area contributed by atoms with Gasteiger partial charge in [0.2, 0.25) is 0 Å². The summed E-state index contributed by atoms with van der Waals surface area (Å²) in [6.45, 7) is 1.54. The van der Waals surface area contributed by atoms with Crippen molar-refractivity contribution in [1.82, 2.24) is 0 Å². The van der Waals surface area contributed by atoms with Crippen molar-refractivity contribution >= 4 is 17.9 Å². The number of carbonyl (C=O) groups is 3. The van der Waals surface area contributed by atoms with Crippen molar-refractivity contribution in [1.29, 1.82) is 0 Å². The van der Waals surface area contributed by atoms with Crippen molar-refractivity contribution in [2.24, 2.45) is 0 Å². The van der Waals surface area contributed by atoms with Crippen LogP contribution in [0.3, 0.4) is 0 Å². The van der Waals surface area contributed by atoms with Gasteiger partial charge in [0.15, 0.2) is 12.2 Å². The molecule has 7 nitrogen and oxygen atoms in total. The van der Waals surface area contributed by atoms with Gasteiger partial charge in [-0.25, -0.2) is 14.4 Å². The van der Waals surface area contributed by atoms with Gasteiger partial charge in [-0.2, -0.15) is 0 Å². The van der Waals surface area contributed by atoms with Crippen LogP contribution >= 0.6 is 0 Å². The Kier molecular flexibility index (Phi) is 7.34. The van der Waals surface area contributed by atoms with Crippen LogP contribution in [0, 0.1) is 0 Å². The van der Waals surface area contributed by atoms with Crippen molar-refractivity contribution < 1.29 is 33.3 Å². The second kappa shape index (κ2) is 10.8. The highest BCUT2D eigenvalue weighted by Crippen LogP contribution is 2.29. The summed E-state index contributed by atoms with van der Waals surface area (Å²) < 4.78 is 22.8. The second-order valence-corrected chi connectivity index (χ2v) is 7.82. The molecule has 0 amide bonds. The fourth-order valence-electron chi connectivity index (χ4n) is 3.70. The SMILES string of the molecule is CC1O[C@H](COC(=O)c2ccccc2)[C@@H](OC(=O)c2ccccc2)[C@H]1OC(=O)c1ccccc1. The molecule has 1 heterocycles. The maximum Gasteiger partial charge on any atom is 0.338 e.